The van der Waals surface area contributed by atoms with Crippen LogP contribution in [0, 0.1) is 24.7 Å². The summed E-state index contributed by atoms with van der Waals surface area (Å²) >= 11 is 0. The first-order valence-corrected chi connectivity index (χ1v) is 11.0. The van der Waals surface area contributed by atoms with Crippen LogP contribution < -0.4 is 15.0 Å². The topological polar surface area (TPSA) is 95.9 Å². The van der Waals surface area contributed by atoms with E-state index in [2.05, 4.69) is 5.32 Å². The van der Waals surface area contributed by atoms with E-state index in [1.165, 1.54) is 4.90 Å². The van der Waals surface area contributed by atoms with Crippen molar-refractivity contribution < 1.29 is 24.2 Å². The van der Waals surface area contributed by atoms with Gasteiger partial charge in [-0.3, -0.25) is 19.7 Å². The number of nitrogens with zero attached hydrogens (tertiary/aromatic N) is 1. The van der Waals surface area contributed by atoms with E-state index in [9.17, 15) is 19.5 Å². The average Bonchev–Trinajstić information content (AvgIpc) is 3.28. The van der Waals surface area contributed by atoms with E-state index in [-0.39, 0.29) is 5.91 Å². The van der Waals surface area contributed by atoms with Crippen molar-refractivity contribution in [1.29, 1.82) is 0 Å². The van der Waals surface area contributed by atoms with Crippen molar-refractivity contribution in [3.05, 3.63) is 65.7 Å². The summed E-state index contributed by atoms with van der Waals surface area (Å²) in [7, 11) is 1.59. The van der Waals surface area contributed by atoms with Gasteiger partial charge in [0, 0.05) is 6.04 Å². The Labute approximate surface area is 193 Å². The number of rotatable bonds is 6. The smallest absolute Gasteiger partial charge is 0.325 e. The quantitative estimate of drug-likeness (QED) is 0.659. The number of aryl methyl sites for hydroxylation is 1. The summed E-state index contributed by atoms with van der Waals surface area (Å²) in [5.74, 6) is -3.49. The molecule has 0 bridgehead atoms. The van der Waals surface area contributed by atoms with E-state index >= 15 is 0 Å². The van der Waals surface area contributed by atoms with Crippen molar-refractivity contribution in [2.45, 2.75) is 32.4 Å². The number of carboxylic acids is 1. The Bertz CT molecular complexity index is 1120. The number of imide groups is 1. The van der Waals surface area contributed by atoms with Crippen molar-refractivity contribution in [3.8, 4) is 5.75 Å². The fourth-order valence-electron chi connectivity index (χ4n) is 5.10. The molecular formula is C26H28N2O5. The van der Waals surface area contributed by atoms with E-state index in [1.807, 2.05) is 49.4 Å². The van der Waals surface area contributed by atoms with Gasteiger partial charge in [0.25, 0.3) is 0 Å². The third-order valence-corrected chi connectivity index (χ3v) is 6.87. The Morgan fingerprint density at radius 3 is 2.36 bits per heavy atom. The number of aliphatic carboxylic acids is 1. The Balaban J connectivity index is 1.77. The summed E-state index contributed by atoms with van der Waals surface area (Å²) in [4.78, 5) is 41.0. The molecule has 2 aliphatic heterocycles. The minimum absolute atomic E-state index is 0.375. The summed E-state index contributed by atoms with van der Waals surface area (Å²) in [6.45, 7) is 5.36. The number of benzene rings is 2. The number of methoxy groups -OCH3 is 1. The number of ether oxygens (including phenoxy) is 1. The molecular weight excluding hydrogens is 420 g/mol. The lowest BCUT2D eigenvalue weighted by atomic mass is 9.73. The Kier molecular flexibility index (Phi) is 5.84. The number of fused-ring (bicyclic) bond motifs is 1. The van der Waals surface area contributed by atoms with E-state index in [1.54, 1.807) is 39.2 Å². The molecule has 4 unspecified atom stereocenters. The Morgan fingerprint density at radius 2 is 1.79 bits per heavy atom. The molecule has 172 valence electrons. The van der Waals surface area contributed by atoms with Gasteiger partial charge in [-0.2, -0.15) is 0 Å². The monoisotopic (exact) mass is 448 g/mol. The van der Waals surface area contributed by atoms with Crippen LogP contribution >= 0.6 is 0 Å². The molecule has 2 saturated heterocycles. The molecule has 2 aromatic carbocycles. The fourth-order valence-corrected chi connectivity index (χ4v) is 5.10. The van der Waals surface area contributed by atoms with Gasteiger partial charge in [-0.25, -0.2) is 4.90 Å². The molecule has 7 nitrogen and oxygen atoms in total. The third-order valence-electron chi connectivity index (χ3n) is 6.87. The van der Waals surface area contributed by atoms with Gasteiger partial charge in [-0.1, -0.05) is 56.3 Å². The van der Waals surface area contributed by atoms with Crippen molar-refractivity contribution >= 4 is 29.5 Å². The van der Waals surface area contributed by atoms with Gasteiger partial charge < -0.3 is 9.84 Å². The molecule has 0 radical (unpaired) electrons. The van der Waals surface area contributed by atoms with E-state index in [0.717, 1.165) is 16.9 Å². The lowest BCUT2D eigenvalue weighted by molar-refractivity contribution is -0.151. The molecule has 2 amide bonds. The lowest BCUT2D eigenvalue weighted by Gasteiger charge is -2.34. The number of para-hydroxylation sites is 1. The highest BCUT2D eigenvalue weighted by atomic mass is 16.5. The van der Waals surface area contributed by atoms with Gasteiger partial charge >= 0.3 is 5.97 Å². The molecule has 4 atom stereocenters. The zero-order valence-electron chi connectivity index (χ0n) is 19.1. The molecule has 0 saturated carbocycles. The van der Waals surface area contributed by atoms with Crippen LogP contribution in [-0.2, 0) is 14.4 Å². The largest absolute Gasteiger partial charge is 0.497 e. The standard InChI is InChI=1S/C26H28N2O5/c1-15(2)26(25(31)32)22-21(19(27-26)14-11-17-9-12-18(33-4)13-10-17)23(29)28(24(22)30)20-8-6-5-7-16(20)3/h5-15,19,21-22,27H,1-4H3,(H,31,32). The molecule has 0 spiro atoms. The molecule has 7 heteroatoms. The lowest BCUT2D eigenvalue weighted by Crippen LogP contribution is -2.60. The minimum Gasteiger partial charge on any atom is -0.497 e. The third kappa shape index (κ3) is 3.53. The highest BCUT2D eigenvalue weighted by molar-refractivity contribution is 6.24. The summed E-state index contributed by atoms with van der Waals surface area (Å²) in [6, 6.07) is 13.9. The normalized spacial score (nSPS) is 26.9. The van der Waals surface area contributed by atoms with Crippen molar-refractivity contribution in [1.82, 2.24) is 5.32 Å². The van der Waals surface area contributed by atoms with Crippen LogP contribution in [0.1, 0.15) is 25.0 Å². The number of hydrogen-bond donors (Lipinski definition) is 2. The van der Waals surface area contributed by atoms with Crippen LogP contribution in [0.2, 0.25) is 0 Å². The molecule has 2 heterocycles. The van der Waals surface area contributed by atoms with Crippen molar-refractivity contribution in [2.75, 3.05) is 12.0 Å². The summed E-state index contributed by atoms with van der Waals surface area (Å²) in [5.41, 5.74) is 0.605. The van der Waals surface area contributed by atoms with E-state index in [4.69, 9.17) is 4.74 Å². The Morgan fingerprint density at radius 1 is 1.12 bits per heavy atom. The van der Waals surface area contributed by atoms with Crippen LogP contribution in [0.3, 0.4) is 0 Å². The van der Waals surface area contributed by atoms with Gasteiger partial charge in [-0.15, -0.1) is 0 Å². The molecule has 33 heavy (non-hydrogen) atoms. The zero-order valence-corrected chi connectivity index (χ0v) is 19.1. The number of carboxylic acid groups (broad SMARTS) is 1. The van der Waals surface area contributed by atoms with Gasteiger partial charge in [-0.05, 0) is 42.2 Å². The predicted molar refractivity (Wildman–Crippen MR) is 125 cm³/mol. The molecule has 2 fully saturated rings. The second kappa shape index (κ2) is 8.48. The van der Waals surface area contributed by atoms with Gasteiger partial charge in [0.15, 0.2) is 0 Å². The van der Waals surface area contributed by atoms with E-state index < -0.39 is 41.2 Å². The number of carbonyl (C=O) groups is 3. The van der Waals surface area contributed by atoms with E-state index in [0.29, 0.717) is 5.69 Å². The molecule has 4 rings (SSSR count). The summed E-state index contributed by atoms with van der Waals surface area (Å²) in [5, 5.41) is 13.4. The van der Waals surface area contributed by atoms with Crippen LogP contribution in [0.15, 0.2) is 54.6 Å². The number of anilines is 1. The van der Waals surface area contributed by atoms with Crippen LogP contribution in [0.25, 0.3) is 6.08 Å². The first-order valence-electron chi connectivity index (χ1n) is 11.0. The summed E-state index contributed by atoms with van der Waals surface area (Å²) in [6.07, 6.45) is 3.62. The van der Waals surface area contributed by atoms with Crippen LogP contribution in [0.5, 0.6) is 5.75 Å². The fraction of sp³-hybridized carbons (Fsp3) is 0.346. The molecule has 0 aliphatic carbocycles. The second-order valence-electron chi connectivity index (χ2n) is 8.93. The Hall–Kier alpha value is -3.45. The summed E-state index contributed by atoms with van der Waals surface area (Å²) < 4.78 is 5.18. The average molecular weight is 449 g/mol. The number of carbonyl (C=O) groups excluding carboxylic acids is 2. The second-order valence-corrected chi connectivity index (χ2v) is 8.93. The van der Waals surface area contributed by atoms with Gasteiger partial charge in [0.1, 0.15) is 11.3 Å². The SMILES string of the molecule is COc1ccc(C=CC2NC(C(=O)O)(C(C)C)C3C(=O)N(c4ccccc4C)C(=O)C23)cc1. The first kappa shape index (κ1) is 22.7. The molecule has 2 aromatic rings. The van der Waals surface area contributed by atoms with Crippen molar-refractivity contribution in [2.24, 2.45) is 17.8 Å². The molecule has 2 N–H and O–H groups in total. The number of nitrogens with one attached hydrogen (secondary N) is 1. The maximum absolute atomic E-state index is 13.6. The highest BCUT2D eigenvalue weighted by Crippen LogP contribution is 2.48. The predicted octanol–water partition coefficient (Wildman–Crippen LogP) is 3.27. The first-order chi connectivity index (χ1) is 15.7. The van der Waals surface area contributed by atoms with Crippen molar-refractivity contribution in [3.63, 3.8) is 0 Å². The number of hydrogen-bond acceptors (Lipinski definition) is 5. The van der Waals surface area contributed by atoms with Crippen LogP contribution in [0.4, 0.5) is 5.69 Å². The highest BCUT2D eigenvalue weighted by Gasteiger charge is 2.69. The maximum atomic E-state index is 13.6. The molecule has 2 aliphatic rings. The van der Waals surface area contributed by atoms with Crippen LogP contribution in [-0.4, -0.2) is 41.6 Å². The zero-order chi connectivity index (χ0) is 23.9. The minimum atomic E-state index is -1.55. The maximum Gasteiger partial charge on any atom is 0.325 e. The molecule has 0 aromatic heterocycles. The number of amides is 2. The van der Waals surface area contributed by atoms with Gasteiger partial charge in [0.2, 0.25) is 11.8 Å². The van der Waals surface area contributed by atoms with Gasteiger partial charge in [0.05, 0.1) is 24.6 Å².